The Labute approximate surface area is 194 Å². The molecule has 0 spiro atoms. The molecule has 0 radical (unpaired) electrons. The van der Waals surface area contributed by atoms with Crippen molar-refractivity contribution < 1.29 is 19.4 Å². The van der Waals surface area contributed by atoms with Crippen LogP contribution < -0.4 is 9.47 Å². The summed E-state index contributed by atoms with van der Waals surface area (Å²) < 4.78 is 12.5. The normalized spacial score (nSPS) is 13.2. The summed E-state index contributed by atoms with van der Waals surface area (Å²) in [7, 11) is 0. The van der Waals surface area contributed by atoms with Crippen molar-refractivity contribution in [2.75, 3.05) is 13.2 Å². The molecule has 2 aromatic carbocycles. The molecule has 2 rings (SSSR count). The Morgan fingerprint density at radius 2 is 1.47 bits per heavy atom. The van der Waals surface area contributed by atoms with E-state index in [2.05, 4.69) is 33.8 Å². The zero-order valence-corrected chi connectivity index (χ0v) is 20.7. The summed E-state index contributed by atoms with van der Waals surface area (Å²) in [6.07, 6.45) is 8.99. The Morgan fingerprint density at radius 3 is 2.00 bits per heavy atom. The summed E-state index contributed by atoms with van der Waals surface area (Å²) >= 11 is 0. The van der Waals surface area contributed by atoms with E-state index in [0.717, 1.165) is 54.9 Å². The first-order chi connectivity index (χ1) is 15.4. The number of carboxylic acids is 1. The SMILES string of the molecule is CCCCC(CC)COc1cc(C(=O)O)c(OCC(CC)CCCC)c2ccc(C)cc12. The number of aryl methyl sites for hydroxylation is 1. The van der Waals surface area contributed by atoms with Gasteiger partial charge >= 0.3 is 5.97 Å². The first-order valence-electron chi connectivity index (χ1n) is 12.5. The highest BCUT2D eigenvalue weighted by molar-refractivity contribution is 6.03. The zero-order valence-electron chi connectivity index (χ0n) is 20.7. The van der Waals surface area contributed by atoms with Gasteiger partial charge in [-0.2, -0.15) is 0 Å². The Morgan fingerprint density at radius 1 is 0.875 bits per heavy atom. The molecule has 4 nitrogen and oxygen atoms in total. The second-order valence-electron chi connectivity index (χ2n) is 9.06. The standard InChI is InChI=1S/C28H42O4/c1-6-10-12-21(8-3)18-31-26-17-25(28(29)30)27(23-15-14-20(5)16-24(23)26)32-19-22(9-4)13-11-7-2/h14-17,21-22H,6-13,18-19H2,1-5H3,(H,29,30). The van der Waals surface area contributed by atoms with E-state index in [0.29, 0.717) is 36.5 Å². The van der Waals surface area contributed by atoms with Gasteiger partial charge in [-0.3, -0.25) is 0 Å². The van der Waals surface area contributed by atoms with Crippen LogP contribution in [0.25, 0.3) is 10.8 Å². The third-order valence-electron chi connectivity index (χ3n) is 6.46. The number of carbonyl (C=O) groups is 1. The van der Waals surface area contributed by atoms with Crippen LogP contribution in [0.15, 0.2) is 24.3 Å². The van der Waals surface area contributed by atoms with Crippen LogP contribution >= 0.6 is 0 Å². The van der Waals surface area contributed by atoms with Gasteiger partial charge in [0.1, 0.15) is 17.1 Å². The summed E-state index contributed by atoms with van der Waals surface area (Å²) in [4.78, 5) is 12.2. The van der Waals surface area contributed by atoms with E-state index in [1.54, 1.807) is 6.07 Å². The number of hydrogen-bond acceptors (Lipinski definition) is 3. The lowest BCUT2D eigenvalue weighted by Gasteiger charge is -2.21. The summed E-state index contributed by atoms with van der Waals surface area (Å²) in [5, 5.41) is 11.7. The number of rotatable bonds is 15. The minimum Gasteiger partial charge on any atom is -0.493 e. The topological polar surface area (TPSA) is 55.8 Å². The molecule has 0 aliphatic carbocycles. The number of carboxylic acid groups (broad SMARTS) is 1. The molecule has 4 heteroatoms. The quantitative estimate of drug-likeness (QED) is 0.303. The van der Waals surface area contributed by atoms with Crippen LogP contribution in [-0.4, -0.2) is 24.3 Å². The minimum absolute atomic E-state index is 0.184. The molecule has 0 aliphatic rings. The van der Waals surface area contributed by atoms with Crippen LogP contribution in [-0.2, 0) is 0 Å². The van der Waals surface area contributed by atoms with E-state index < -0.39 is 5.97 Å². The van der Waals surface area contributed by atoms with E-state index in [1.165, 1.54) is 12.8 Å². The Hall–Kier alpha value is -2.23. The van der Waals surface area contributed by atoms with Gasteiger partial charge in [0.15, 0.2) is 0 Å². The van der Waals surface area contributed by atoms with Crippen LogP contribution in [0.4, 0.5) is 0 Å². The van der Waals surface area contributed by atoms with E-state index in [1.807, 2.05) is 19.1 Å². The molecule has 0 saturated carbocycles. The fourth-order valence-corrected chi connectivity index (χ4v) is 4.12. The number of hydrogen-bond donors (Lipinski definition) is 1. The minimum atomic E-state index is -0.980. The molecule has 0 fully saturated rings. The molecule has 0 amide bonds. The highest BCUT2D eigenvalue weighted by Gasteiger charge is 2.21. The lowest BCUT2D eigenvalue weighted by Crippen LogP contribution is -2.15. The summed E-state index contributed by atoms with van der Waals surface area (Å²) in [6, 6.07) is 7.72. The second-order valence-corrected chi connectivity index (χ2v) is 9.06. The molecule has 2 aromatic rings. The summed E-state index contributed by atoms with van der Waals surface area (Å²) in [5.41, 5.74) is 1.30. The maximum absolute atomic E-state index is 12.2. The van der Waals surface area contributed by atoms with Crippen LogP contribution in [0, 0.1) is 18.8 Å². The number of unbranched alkanes of at least 4 members (excludes halogenated alkanes) is 2. The number of aromatic carboxylic acids is 1. The Kier molecular flexibility index (Phi) is 10.9. The molecular formula is C28H42O4. The number of ether oxygens (including phenoxy) is 2. The van der Waals surface area contributed by atoms with E-state index in [4.69, 9.17) is 9.47 Å². The van der Waals surface area contributed by atoms with Gasteiger partial charge in [-0.05, 0) is 43.7 Å². The molecule has 2 atom stereocenters. The molecule has 0 aromatic heterocycles. The van der Waals surface area contributed by atoms with Gasteiger partial charge in [-0.15, -0.1) is 0 Å². The maximum atomic E-state index is 12.2. The number of benzene rings is 2. The third-order valence-corrected chi connectivity index (χ3v) is 6.46. The van der Waals surface area contributed by atoms with Crippen molar-refractivity contribution in [2.24, 2.45) is 11.8 Å². The Balaban J connectivity index is 2.39. The van der Waals surface area contributed by atoms with Gasteiger partial charge in [0.25, 0.3) is 0 Å². The highest BCUT2D eigenvalue weighted by Crippen LogP contribution is 2.38. The number of fused-ring (bicyclic) bond motifs is 1. The molecule has 0 aliphatic heterocycles. The van der Waals surface area contributed by atoms with Gasteiger partial charge in [-0.25, -0.2) is 4.79 Å². The van der Waals surface area contributed by atoms with Gasteiger partial charge in [0.2, 0.25) is 0 Å². The molecule has 2 unspecified atom stereocenters. The average molecular weight is 443 g/mol. The second kappa shape index (κ2) is 13.3. The largest absolute Gasteiger partial charge is 0.493 e. The molecule has 178 valence electrons. The van der Waals surface area contributed by atoms with Gasteiger partial charge in [0, 0.05) is 10.8 Å². The third kappa shape index (κ3) is 7.15. The van der Waals surface area contributed by atoms with Gasteiger partial charge < -0.3 is 14.6 Å². The predicted molar refractivity (Wildman–Crippen MR) is 133 cm³/mol. The van der Waals surface area contributed by atoms with Crippen LogP contribution in [0.5, 0.6) is 11.5 Å². The van der Waals surface area contributed by atoms with Gasteiger partial charge in [0.05, 0.1) is 13.2 Å². The lowest BCUT2D eigenvalue weighted by atomic mass is 9.99. The van der Waals surface area contributed by atoms with Crippen molar-refractivity contribution in [2.45, 2.75) is 86.0 Å². The van der Waals surface area contributed by atoms with Crippen molar-refractivity contribution in [1.29, 1.82) is 0 Å². The van der Waals surface area contributed by atoms with Crippen LogP contribution in [0.1, 0.15) is 95.0 Å². The van der Waals surface area contributed by atoms with E-state index in [-0.39, 0.29) is 5.56 Å². The molecule has 0 heterocycles. The molecular weight excluding hydrogens is 400 g/mol. The zero-order chi connectivity index (χ0) is 23.5. The smallest absolute Gasteiger partial charge is 0.339 e. The van der Waals surface area contributed by atoms with Crippen molar-refractivity contribution >= 4 is 16.7 Å². The lowest BCUT2D eigenvalue weighted by molar-refractivity contribution is 0.0690. The van der Waals surface area contributed by atoms with Gasteiger partial charge in [-0.1, -0.05) is 83.9 Å². The molecule has 0 saturated heterocycles. The fourth-order valence-electron chi connectivity index (χ4n) is 4.12. The summed E-state index contributed by atoms with van der Waals surface area (Å²) in [5.74, 6) is 1.03. The average Bonchev–Trinajstić information content (AvgIpc) is 2.79. The molecule has 1 N–H and O–H groups in total. The van der Waals surface area contributed by atoms with Crippen molar-refractivity contribution in [1.82, 2.24) is 0 Å². The van der Waals surface area contributed by atoms with Crippen molar-refractivity contribution in [3.05, 3.63) is 35.4 Å². The van der Waals surface area contributed by atoms with E-state index >= 15 is 0 Å². The summed E-state index contributed by atoms with van der Waals surface area (Å²) in [6.45, 7) is 11.9. The molecule has 0 bridgehead atoms. The van der Waals surface area contributed by atoms with Crippen molar-refractivity contribution in [3.63, 3.8) is 0 Å². The van der Waals surface area contributed by atoms with Crippen molar-refractivity contribution in [3.8, 4) is 11.5 Å². The van der Waals surface area contributed by atoms with Crippen LogP contribution in [0.3, 0.4) is 0 Å². The van der Waals surface area contributed by atoms with E-state index in [9.17, 15) is 9.90 Å². The highest BCUT2D eigenvalue weighted by atomic mass is 16.5. The monoisotopic (exact) mass is 442 g/mol. The fraction of sp³-hybridized carbons (Fsp3) is 0.607. The first-order valence-corrected chi connectivity index (χ1v) is 12.5. The van der Waals surface area contributed by atoms with Crippen LogP contribution in [0.2, 0.25) is 0 Å². The Bertz CT molecular complexity index is 858. The first kappa shape index (κ1) is 26.0. The maximum Gasteiger partial charge on any atom is 0.339 e. The molecule has 32 heavy (non-hydrogen) atoms. The predicted octanol–water partition coefficient (Wildman–Crippen LogP) is 8.04.